The minimum Gasteiger partial charge on any atom is -0.452 e. The Morgan fingerprint density at radius 1 is 1.00 bits per heavy atom. The van der Waals surface area contributed by atoms with E-state index >= 15 is 0 Å². The van der Waals surface area contributed by atoms with Crippen molar-refractivity contribution in [3.63, 3.8) is 0 Å². The summed E-state index contributed by atoms with van der Waals surface area (Å²) in [6.07, 6.45) is 1.99. The summed E-state index contributed by atoms with van der Waals surface area (Å²) in [5, 5.41) is 0. The minimum atomic E-state index is -3.23. The highest BCUT2D eigenvalue weighted by atomic mass is 32.2. The van der Waals surface area contributed by atoms with Crippen molar-refractivity contribution in [1.82, 2.24) is 0 Å². The molecular weight excluding hydrogens is 442 g/mol. The fourth-order valence-electron chi connectivity index (χ4n) is 4.69. The maximum Gasteiger partial charge on any atom is 0.414 e. The van der Waals surface area contributed by atoms with Gasteiger partial charge in [-0.05, 0) is 61.6 Å². The Kier molecular flexibility index (Phi) is 5.31. The molecule has 2 heterocycles. The molecular formula is C24H27N3O5S. The number of anilines is 3. The zero-order valence-electron chi connectivity index (χ0n) is 18.7. The number of hydrogen-bond donors (Lipinski definition) is 0. The average molecular weight is 470 g/mol. The molecule has 5 rings (SSSR count). The van der Waals surface area contributed by atoms with E-state index in [1.54, 1.807) is 9.80 Å². The van der Waals surface area contributed by atoms with Crippen molar-refractivity contribution in [3.05, 3.63) is 42.5 Å². The molecule has 1 saturated heterocycles. The van der Waals surface area contributed by atoms with Crippen LogP contribution in [0.1, 0.15) is 26.2 Å². The van der Waals surface area contributed by atoms with Gasteiger partial charge in [-0.25, -0.2) is 13.2 Å². The molecule has 2 amide bonds. The van der Waals surface area contributed by atoms with Gasteiger partial charge in [0, 0.05) is 19.0 Å². The van der Waals surface area contributed by atoms with Crippen molar-refractivity contribution in [2.75, 3.05) is 40.1 Å². The molecule has 9 heteroatoms. The fraction of sp³-hybridized carbons (Fsp3) is 0.417. The van der Waals surface area contributed by atoms with Crippen LogP contribution < -0.4 is 14.1 Å². The third-order valence-corrected chi connectivity index (χ3v) is 8.43. The van der Waals surface area contributed by atoms with E-state index in [4.69, 9.17) is 4.74 Å². The molecule has 33 heavy (non-hydrogen) atoms. The van der Waals surface area contributed by atoms with Crippen LogP contribution in [0.3, 0.4) is 0 Å². The third kappa shape index (κ3) is 3.84. The number of carbonyl (C=O) groups is 2. The van der Waals surface area contributed by atoms with Gasteiger partial charge in [0.1, 0.15) is 0 Å². The van der Waals surface area contributed by atoms with E-state index in [0.29, 0.717) is 36.6 Å². The fourth-order valence-corrected chi connectivity index (χ4v) is 6.25. The van der Waals surface area contributed by atoms with Crippen LogP contribution in [-0.4, -0.2) is 52.4 Å². The highest BCUT2D eigenvalue weighted by Crippen LogP contribution is 2.42. The second kappa shape index (κ2) is 8.06. The zero-order chi connectivity index (χ0) is 23.3. The van der Waals surface area contributed by atoms with Gasteiger partial charge in [0.25, 0.3) is 0 Å². The lowest BCUT2D eigenvalue weighted by Gasteiger charge is -2.40. The molecule has 2 aliphatic heterocycles. The van der Waals surface area contributed by atoms with Crippen LogP contribution in [0.5, 0.6) is 0 Å². The molecule has 8 nitrogen and oxygen atoms in total. The van der Waals surface area contributed by atoms with Crippen LogP contribution in [0, 0.1) is 5.92 Å². The first-order chi connectivity index (χ1) is 15.8. The Morgan fingerprint density at radius 2 is 1.70 bits per heavy atom. The van der Waals surface area contributed by atoms with E-state index in [1.165, 1.54) is 11.4 Å². The number of fused-ring (bicyclic) bond motifs is 1. The van der Waals surface area contributed by atoms with E-state index in [1.807, 2.05) is 49.4 Å². The Morgan fingerprint density at radius 3 is 2.30 bits per heavy atom. The maximum absolute atomic E-state index is 13.0. The quantitative estimate of drug-likeness (QED) is 0.685. The van der Waals surface area contributed by atoms with E-state index in [2.05, 4.69) is 0 Å². The molecule has 3 aliphatic rings. The predicted molar refractivity (Wildman–Crippen MR) is 127 cm³/mol. The number of benzene rings is 2. The lowest BCUT2D eigenvalue weighted by Crippen LogP contribution is -2.52. The smallest absolute Gasteiger partial charge is 0.414 e. The molecule has 2 aromatic rings. The largest absolute Gasteiger partial charge is 0.452 e. The van der Waals surface area contributed by atoms with Crippen molar-refractivity contribution in [3.8, 4) is 11.1 Å². The number of ether oxygens (including phenoxy) is 1. The van der Waals surface area contributed by atoms with Gasteiger partial charge in [0.15, 0.2) is 0 Å². The van der Waals surface area contributed by atoms with Gasteiger partial charge >= 0.3 is 6.09 Å². The predicted octanol–water partition coefficient (Wildman–Crippen LogP) is 3.61. The molecule has 0 bridgehead atoms. The van der Waals surface area contributed by atoms with Crippen LogP contribution in [-0.2, 0) is 19.6 Å². The van der Waals surface area contributed by atoms with Crippen LogP contribution in [0.15, 0.2) is 42.5 Å². The van der Waals surface area contributed by atoms with Crippen molar-refractivity contribution in [2.24, 2.45) is 5.92 Å². The molecule has 1 unspecified atom stereocenters. The molecule has 1 saturated carbocycles. The highest BCUT2D eigenvalue weighted by molar-refractivity contribution is 7.93. The normalized spacial score (nSPS) is 21.6. The summed E-state index contributed by atoms with van der Waals surface area (Å²) in [7, 11) is -1.88. The second-order valence-electron chi connectivity index (χ2n) is 8.90. The molecule has 2 fully saturated rings. The van der Waals surface area contributed by atoms with Gasteiger partial charge in [0.05, 0.1) is 36.0 Å². The molecule has 1 aliphatic carbocycles. The van der Waals surface area contributed by atoms with Gasteiger partial charge in [0.2, 0.25) is 15.9 Å². The molecule has 0 N–H and O–H groups in total. The monoisotopic (exact) mass is 469 g/mol. The first-order valence-electron chi connectivity index (χ1n) is 11.2. The lowest BCUT2D eigenvalue weighted by atomic mass is 10.00. The summed E-state index contributed by atoms with van der Waals surface area (Å²) in [6, 6.07) is 12.9. The highest BCUT2D eigenvalue weighted by Gasteiger charge is 2.40. The Balaban J connectivity index is 1.52. The number of amides is 2. The number of rotatable bonds is 3. The number of methoxy groups -OCH3 is 1. The molecule has 1 atom stereocenters. The maximum atomic E-state index is 13.0. The van der Waals surface area contributed by atoms with Crippen LogP contribution in [0.4, 0.5) is 21.9 Å². The van der Waals surface area contributed by atoms with Crippen molar-refractivity contribution >= 4 is 39.1 Å². The van der Waals surface area contributed by atoms with Gasteiger partial charge in [-0.2, -0.15) is 0 Å². The number of carbonyl (C=O) groups excluding carboxylic acids is 2. The van der Waals surface area contributed by atoms with E-state index in [0.717, 1.165) is 24.0 Å². The summed E-state index contributed by atoms with van der Waals surface area (Å²) in [6.45, 7) is 2.82. The topological polar surface area (TPSA) is 87.2 Å². The molecule has 2 aromatic carbocycles. The summed E-state index contributed by atoms with van der Waals surface area (Å²) in [5.74, 6) is 0.332. The van der Waals surface area contributed by atoms with Gasteiger partial charge in [-0.1, -0.05) is 18.2 Å². The molecule has 0 spiro atoms. The van der Waals surface area contributed by atoms with Crippen LogP contribution >= 0.6 is 0 Å². The van der Waals surface area contributed by atoms with Crippen LogP contribution in [0.2, 0.25) is 0 Å². The number of nitrogens with zero attached hydrogens (tertiary/aromatic N) is 3. The summed E-state index contributed by atoms with van der Waals surface area (Å²) in [5.41, 5.74) is 3.79. The van der Waals surface area contributed by atoms with Gasteiger partial charge in [-0.15, -0.1) is 0 Å². The summed E-state index contributed by atoms with van der Waals surface area (Å²) in [4.78, 5) is 28.9. The van der Waals surface area contributed by atoms with Crippen LogP contribution in [0.25, 0.3) is 11.1 Å². The summed E-state index contributed by atoms with van der Waals surface area (Å²) < 4.78 is 30.9. The Labute approximate surface area is 193 Å². The summed E-state index contributed by atoms with van der Waals surface area (Å²) >= 11 is 0. The Bertz CT molecular complexity index is 1210. The third-order valence-electron chi connectivity index (χ3n) is 6.57. The number of hydrogen-bond acceptors (Lipinski definition) is 5. The van der Waals surface area contributed by atoms with E-state index in [9.17, 15) is 18.0 Å². The lowest BCUT2D eigenvalue weighted by molar-refractivity contribution is -0.119. The number of sulfonamides is 1. The SMILES string of the molecule is COC(=O)N1c2ccc(-c3ccc(N4CCCS4(=O)=O)cc3)cc2N(C(=O)C2CC2)CC1C. The van der Waals surface area contributed by atoms with Crippen molar-refractivity contribution in [1.29, 1.82) is 0 Å². The van der Waals surface area contributed by atoms with Crippen molar-refractivity contribution in [2.45, 2.75) is 32.2 Å². The van der Waals surface area contributed by atoms with E-state index in [-0.39, 0.29) is 23.6 Å². The first kappa shape index (κ1) is 21.8. The van der Waals surface area contributed by atoms with Crippen molar-refractivity contribution < 1.29 is 22.7 Å². The standard InChI is InChI=1S/C24H27N3O5S/c1-16-15-25(23(28)18-4-5-18)22-14-19(8-11-21(22)27(16)24(29)32-2)17-6-9-20(10-7-17)26-12-3-13-33(26,30)31/h6-11,14,16,18H,3-5,12-13,15H2,1-2H3. The first-order valence-corrected chi connectivity index (χ1v) is 12.8. The molecule has 0 radical (unpaired) electrons. The second-order valence-corrected chi connectivity index (χ2v) is 10.9. The van der Waals surface area contributed by atoms with Gasteiger partial charge < -0.3 is 9.64 Å². The van der Waals surface area contributed by atoms with Gasteiger partial charge in [-0.3, -0.25) is 14.0 Å². The van der Waals surface area contributed by atoms with E-state index < -0.39 is 16.1 Å². The molecule has 174 valence electrons. The zero-order valence-corrected chi connectivity index (χ0v) is 19.5. The molecule has 0 aromatic heterocycles. The minimum absolute atomic E-state index is 0.0556. The Hall–Kier alpha value is -3.07. The average Bonchev–Trinajstić information content (AvgIpc) is 3.60.